The van der Waals surface area contributed by atoms with Crippen molar-refractivity contribution in [1.29, 1.82) is 0 Å². The number of carbonyl (C=O) groups is 1. The first kappa shape index (κ1) is 18.2. The van der Waals surface area contributed by atoms with E-state index in [1.807, 2.05) is 37.3 Å². The van der Waals surface area contributed by atoms with Gasteiger partial charge in [0.2, 0.25) is 5.91 Å². The number of aryl methyl sites for hydroxylation is 1. The molecule has 6 nitrogen and oxygen atoms in total. The number of hydrogen-bond acceptors (Lipinski definition) is 4. The van der Waals surface area contributed by atoms with E-state index in [4.69, 9.17) is 10.5 Å². The van der Waals surface area contributed by atoms with Crippen LogP contribution in [0.5, 0.6) is 0 Å². The monoisotopic (exact) mass is 330 g/mol. The Morgan fingerprint density at radius 2 is 2.00 bits per heavy atom. The maximum absolute atomic E-state index is 12.3. The molecule has 1 aromatic heterocycles. The van der Waals surface area contributed by atoms with Gasteiger partial charge < -0.3 is 15.8 Å². The molecule has 0 aliphatic rings. The molecule has 24 heavy (non-hydrogen) atoms. The van der Waals surface area contributed by atoms with Crippen molar-refractivity contribution < 1.29 is 9.53 Å². The Morgan fingerprint density at radius 3 is 2.54 bits per heavy atom. The molecular weight excluding hydrogens is 304 g/mol. The molecule has 0 aliphatic heterocycles. The van der Waals surface area contributed by atoms with Gasteiger partial charge in [-0.05, 0) is 25.0 Å². The third-order valence-corrected chi connectivity index (χ3v) is 3.88. The predicted molar refractivity (Wildman–Crippen MR) is 95.5 cm³/mol. The molecule has 0 saturated carbocycles. The SMILES string of the molecule is COC(CN)CC(=O)Nc1cc(C(C)C)nn1-c1ccc(C)cc1. The zero-order valence-electron chi connectivity index (χ0n) is 14.7. The Morgan fingerprint density at radius 1 is 1.33 bits per heavy atom. The molecule has 3 N–H and O–H groups in total. The third-order valence-electron chi connectivity index (χ3n) is 3.88. The summed E-state index contributed by atoms with van der Waals surface area (Å²) < 4.78 is 6.93. The van der Waals surface area contributed by atoms with Crippen molar-refractivity contribution in [3.8, 4) is 5.69 Å². The van der Waals surface area contributed by atoms with Crippen molar-refractivity contribution >= 4 is 11.7 Å². The number of carbonyl (C=O) groups excluding carboxylic acids is 1. The summed E-state index contributed by atoms with van der Waals surface area (Å²) >= 11 is 0. The number of hydrogen-bond donors (Lipinski definition) is 2. The molecule has 130 valence electrons. The first-order chi connectivity index (χ1) is 11.4. The molecule has 0 saturated heterocycles. The van der Waals surface area contributed by atoms with E-state index in [0.29, 0.717) is 12.4 Å². The zero-order chi connectivity index (χ0) is 17.7. The summed E-state index contributed by atoms with van der Waals surface area (Å²) in [6, 6.07) is 9.92. The highest BCUT2D eigenvalue weighted by atomic mass is 16.5. The van der Waals surface area contributed by atoms with Crippen molar-refractivity contribution in [3.05, 3.63) is 41.6 Å². The summed E-state index contributed by atoms with van der Waals surface area (Å²) in [4.78, 5) is 12.3. The minimum absolute atomic E-state index is 0.143. The van der Waals surface area contributed by atoms with Crippen LogP contribution >= 0.6 is 0 Å². The average Bonchev–Trinajstić information content (AvgIpc) is 2.97. The highest BCUT2D eigenvalue weighted by Crippen LogP contribution is 2.22. The molecule has 0 spiro atoms. The Hall–Kier alpha value is -2.18. The number of anilines is 1. The van der Waals surface area contributed by atoms with Crippen LogP contribution in [0.1, 0.15) is 37.4 Å². The van der Waals surface area contributed by atoms with E-state index < -0.39 is 0 Å². The van der Waals surface area contributed by atoms with Crippen molar-refractivity contribution in [2.24, 2.45) is 5.73 Å². The molecule has 2 aromatic rings. The van der Waals surface area contributed by atoms with Gasteiger partial charge in [-0.25, -0.2) is 4.68 Å². The Balaban J connectivity index is 2.27. The Bertz CT molecular complexity index is 673. The van der Waals surface area contributed by atoms with Crippen LogP contribution in [0.4, 0.5) is 5.82 Å². The first-order valence-corrected chi connectivity index (χ1v) is 8.14. The molecule has 1 amide bonds. The van der Waals surface area contributed by atoms with Gasteiger partial charge in [0.25, 0.3) is 0 Å². The number of methoxy groups -OCH3 is 1. The van der Waals surface area contributed by atoms with E-state index in [2.05, 4.69) is 24.3 Å². The molecule has 1 atom stereocenters. The maximum atomic E-state index is 12.3. The molecule has 1 unspecified atom stereocenters. The van der Waals surface area contributed by atoms with Gasteiger partial charge in [-0.2, -0.15) is 5.10 Å². The van der Waals surface area contributed by atoms with E-state index in [1.54, 1.807) is 11.8 Å². The van der Waals surface area contributed by atoms with Gasteiger partial charge in [0.15, 0.2) is 0 Å². The third kappa shape index (κ3) is 4.43. The van der Waals surface area contributed by atoms with Gasteiger partial charge in [-0.15, -0.1) is 0 Å². The molecule has 1 aromatic carbocycles. The molecule has 1 heterocycles. The second-order valence-corrected chi connectivity index (χ2v) is 6.20. The number of amides is 1. The quantitative estimate of drug-likeness (QED) is 0.817. The number of aromatic nitrogens is 2. The standard InChI is InChI=1S/C18H26N4O2/c1-12(2)16-10-17(20-18(23)9-15(11-19)24-4)22(21-16)14-7-5-13(3)6-8-14/h5-8,10,12,15H,9,11,19H2,1-4H3,(H,20,23). The molecule has 0 aliphatic carbocycles. The first-order valence-electron chi connectivity index (χ1n) is 8.14. The number of benzene rings is 1. The van der Waals surface area contributed by atoms with E-state index in [0.717, 1.165) is 11.4 Å². The maximum Gasteiger partial charge on any atom is 0.228 e. The van der Waals surface area contributed by atoms with Crippen LogP contribution in [0.3, 0.4) is 0 Å². The lowest BCUT2D eigenvalue weighted by molar-refractivity contribution is -0.118. The summed E-state index contributed by atoms with van der Waals surface area (Å²) in [5, 5.41) is 7.55. The minimum Gasteiger partial charge on any atom is -0.380 e. The predicted octanol–water partition coefficient (Wildman–Crippen LogP) is 2.61. The van der Waals surface area contributed by atoms with Crippen LogP contribution in [0, 0.1) is 6.92 Å². The number of ether oxygens (including phenoxy) is 1. The van der Waals surface area contributed by atoms with Gasteiger partial charge in [0, 0.05) is 19.7 Å². The number of nitrogens with one attached hydrogen (secondary N) is 1. The van der Waals surface area contributed by atoms with Gasteiger partial charge >= 0.3 is 0 Å². The second kappa shape index (κ2) is 8.08. The lowest BCUT2D eigenvalue weighted by atomic mass is 10.1. The topological polar surface area (TPSA) is 82.2 Å². The largest absolute Gasteiger partial charge is 0.380 e. The van der Waals surface area contributed by atoms with Crippen molar-refractivity contribution in [3.63, 3.8) is 0 Å². The van der Waals surface area contributed by atoms with Crippen molar-refractivity contribution in [1.82, 2.24) is 9.78 Å². The lowest BCUT2D eigenvalue weighted by Gasteiger charge is -2.13. The molecule has 0 fully saturated rings. The number of nitrogens with zero attached hydrogens (tertiary/aromatic N) is 2. The van der Waals surface area contributed by atoms with Crippen molar-refractivity contribution in [2.45, 2.75) is 39.2 Å². The summed E-state index contributed by atoms with van der Waals surface area (Å²) in [5.41, 5.74) is 8.59. The molecular formula is C18H26N4O2. The fourth-order valence-electron chi connectivity index (χ4n) is 2.32. The molecule has 0 radical (unpaired) electrons. The fourth-order valence-corrected chi connectivity index (χ4v) is 2.32. The molecule has 0 bridgehead atoms. The highest BCUT2D eigenvalue weighted by Gasteiger charge is 2.17. The summed E-state index contributed by atoms with van der Waals surface area (Å²) in [6.45, 7) is 6.48. The summed E-state index contributed by atoms with van der Waals surface area (Å²) in [7, 11) is 1.55. The van der Waals surface area contributed by atoms with Gasteiger partial charge in [0.05, 0.1) is 23.9 Å². The van der Waals surface area contributed by atoms with Gasteiger partial charge in [-0.3, -0.25) is 4.79 Å². The van der Waals surface area contributed by atoms with Crippen LogP contribution in [0.15, 0.2) is 30.3 Å². The van der Waals surface area contributed by atoms with Gasteiger partial charge in [0.1, 0.15) is 5.82 Å². The van der Waals surface area contributed by atoms with E-state index in [1.165, 1.54) is 5.56 Å². The highest BCUT2D eigenvalue weighted by molar-refractivity contribution is 5.90. The molecule has 2 rings (SSSR count). The van der Waals surface area contributed by atoms with Crippen LogP contribution in [0.25, 0.3) is 5.69 Å². The second-order valence-electron chi connectivity index (χ2n) is 6.20. The van der Waals surface area contributed by atoms with E-state index in [9.17, 15) is 4.79 Å². The average molecular weight is 330 g/mol. The summed E-state index contributed by atoms with van der Waals surface area (Å²) in [6.07, 6.45) is -0.0753. The van der Waals surface area contributed by atoms with Crippen LogP contribution in [-0.2, 0) is 9.53 Å². The Kier molecular flexibility index (Phi) is 6.11. The summed E-state index contributed by atoms with van der Waals surface area (Å²) in [5.74, 6) is 0.776. The van der Waals surface area contributed by atoms with Crippen LogP contribution in [-0.4, -0.2) is 35.4 Å². The zero-order valence-corrected chi connectivity index (χ0v) is 14.7. The smallest absolute Gasteiger partial charge is 0.228 e. The van der Waals surface area contributed by atoms with E-state index >= 15 is 0 Å². The number of nitrogens with two attached hydrogens (primary N) is 1. The van der Waals surface area contributed by atoms with Crippen molar-refractivity contribution in [2.75, 3.05) is 19.0 Å². The fraction of sp³-hybridized carbons (Fsp3) is 0.444. The van der Waals surface area contributed by atoms with Gasteiger partial charge in [-0.1, -0.05) is 31.5 Å². The van der Waals surface area contributed by atoms with E-state index in [-0.39, 0.29) is 24.3 Å². The Labute approximate surface area is 143 Å². The molecule has 6 heteroatoms. The van der Waals surface area contributed by atoms with Crippen LogP contribution in [0.2, 0.25) is 0 Å². The normalized spacial score (nSPS) is 12.4. The van der Waals surface area contributed by atoms with Crippen LogP contribution < -0.4 is 11.1 Å². The minimum atomic E-state index is -0.287. The lowest BCUT2D eigenvalue weighted by Crippen LogP contribution is -2.28. The number of rotatable bonds is 7.